The first-order valence-electron chi connectivity index (χ1n) is 37.6. The van der Waals surface area contributed by atoms with E-state index in [1.807, 2.05) is 0 Å². The van der Waals surface area contributed by atoms with Crippen LogP contribution in [0.4, 0.5) is 0 Å². The van der Waals surface area contributed by atoms with Crippen LogP contribution in [0.5, 0.6) is 172 Å². The number of cyclic esters (lactones) is 5. The van der Waals surface area contributed by atoms with E-state index < -0.39 is 402 Å². The van der Waals surface area contributed by atoms with Crippen molar-refractivity contribution in [3.05, 3.63) is 140 Å². The number of phenols is 27. The van der Waals surface area contributed by atoms with Crippen molar-refractivity contribution >= 4 is 47.8 Å². The molecule has 0 radical (unpaired) electrons. The molecule has 31 N–H and O–H groups in total. The molecule has 0 bridgehead atoms. The van der Waals surface area contributed by atoms with Gasteiger partial charge in [-0.2, -0.15) is 0 Å². The summed E-state index contributed by atoms with van der Waals surface area (Å²) >= 11 is 0. The Bertz CT molecular complexity index is 6710. The van der Waals surface area contributed by atoms with Gasteiger partial charge in [0, 0.05) is 63.6 Å². The van der Waals surface area contributed by atoms with Crippen LogP contribution < -0.4 is 9.47 Å². The maximum Gasteiger partial charge on any atom is 0.342 e. The molecule has 10 aromatic carbocycles. The quantitative estimate of drug-likeness (QED) is 0.0531. The summed E-state index contributed by atoms with van der Waals surface area (Å²) in [5, 5.41) is 350. The van der Waals surface area contributed by atoms with E-state index in [-0.39, 0.29) is 35.9 Å². The molecule has 5 aliphatic heterocycles. The Kier molecular flexibility index (Phi) is 22.3. The van der Waals surface area contributed by atoms with Crippen LogP contribution in [0.3, 0.4) is 0 Å². The van der Waals surface area contributed by atoms with Gasteiger partial charge in [-0.15, -0.1) is 0 Å². The van der Waals surface area contributed by atoms with E-state index in [0.717, 1.165) is 18.2 Å². The van der Waals surface area contributed by atoms with Crippen LogP contribution in [0.1, 0.15) is 112 Å². The first-order valence-corrected chi connectivity index (χ1v) is 37.6. The minimum Gasteiger partial charge on any atom is -0.507 e. The molecule has 5 heterocycles. The van der Waals surface area contributed by atoms with Crippen LogP contribution >= 0.6 is 0 Å². The van der Waals surface area contributed by atoms with Crippen molar-refractivity contribution in [1.82, 2.24) is 0 Å². The van der Waals surface area contributed by atoms with Gasteiger partial charge in [-0.25, -0.2) is 38.4 Å². The second-order valence-electron chi connectivity index (χ2n) is 29.7. The number of aliphatic hydroxyl groups is 4. The Morgan fingerprint density at radius 1 is 0.346 bits per heavy atom. The van der Waals surface area contributed by atoms with Crippen LogP contribution in [0.2, 0.25) is 0 Å². The standard InChI is InChI=1S/C83H62O50/c84-27-2-1-17(3-28(27)85)67-38(95)6-19-40(125-67)14-29(86)49(50(19)97)65(112)71-72(69-39(96)15-123-76(115)20-7-32(89)52(99)59(106)43(20)45-22(78(117)128-69)9-34(91)54(101)61(45)108)132-80(119)24-11-36(93)56(103)63(110)47(24)48-25(81(120)130-71)13-41(58(105)64(48)111)126-68-26(12-37(94)57(104)66(68)113)82(121)133-74-73(131-75(114)18-4-30(87)51(98)31(88)5-18)70-42(127-83(74)122)16-124-77(116)21-8-33(90)53(100)60(107)44(21)46-23(79(118)129-70)10-35(92)55(102)62(46)109/h1-5,7-14,38-39,42,65,67,69-74,83-113,122H,6,15-16H2/t38-,39?,42-,65-,67-,69-,70-,71+,72+,73+,74-,83?/m1/s1. The molecule has 133 heavy (non-hydrogen) atoms. The van der Waals surface area contributed by atoms with E-state index in [0.29, 0.717) is 30.3 Å². The van der Waals surface area contributed by atoms with E-state index in [2.05, 4.69) is 0 Å². The van der Waals surface area contributed by atoms with Gasteiger partial charge in [0.15, 0.2) is 152 Å². The number of hydrogen-bond acceptors (Lipinski definition) is 50. The van der Waals surface area contributed by atoms with Crippen molar-refractivity contribution in [2.45, 2.75) is 79.9 Å². The van der Waals surface area contributed by atoms with Crippen molar-refractivity contribution in [2.24, 2.45) is 0 Å². The summed E-state index contributed by atoms with van der Waals surface area (Å²) in [7, 11) is 0. The number of esters is 8. The summed E-state index contributed by atoms with van der Waals surface area (Å²) in [4.78, 5) is 120. The van der Waals surface area contributed by atoms with Gasteiger partial charge in [-0.3, -0.25) is 0 Å². The molecule has 50 heteroatoms. The third kappa shape index (κ3) is 15.0. The predicted octanol–water partition coefficient (Wildman–Crippen LogP) is 2.99. The summed E-state index contributed by atoms with van der Waals surface area (Å²) in [5.41, 5.74) is -21.1. The fraction of sp³-hybridized carbons (Fsp3) is 0.181. The lowest BCUT2D eigenvalue weighted by Crippen LogP contribution is -2.62. The number of carbonyl (C=O) groups excluding carboxylic acids is 8. The van der Waals surface area contributed by atoms with Crippen LogP contribution in [0.25, 0.3) is 33.4 Å². The van der Waals surface area contributed by atoms with Crippen LogP contribution in [-0.4, -0.2) is 280 Å². The second kappa shape index (κ2) is 33.0. The van der Waals surface area contributed by atoms with Gasteiger partial charge < -0.3 is 210 Å². The Balaban J connectivity index is 0.880. The number of carbonyl (C=O) groups is 8. The van der Waals surface area contributed by atoms with Gasteiger partial charge in [0.2, 0.25) is 46.0 Å². The lowest BCUT2D eigenvalue weighted by Gasteiger charge is -2.42. The molecule has 0 aliphatic carbocycles. The molecule has 1 fully saturated rings. The number of aromatic hydroxyl groups is 27. The van der Waals surface area contributed by atoms with Crippen LogP contribution in [0, 0.1) is 0 Å². The van der Waals surface area contributed by atoms with Crippen molar-refractivity contribution in [3.8, 4) is 206 Å². The second-order valence-corrected chi connectivity index (χ2v) is 29.7. The molecule has 0 spiro atoms. The molecule has 0 saturated carbocycles. The minimum absolute atomic E-state index is 0.0657. The van der Waals surface area contributed by atoms with Crippen LogP contribution in [0.15, 0.2) is 78.9 Å². The van der Waals surface area contributed by atoms with Gasteiger partial charge in [0.05, 0.1) is 50.6 Å². The fourth-order valence-corrected chi connectivity index (χ4v) is 15.2. The number of ether oxygens (including phenoxy) is 11. The Morgan fingerprint density at radius 3 is 1.23 bits per heavy atom. The van der Waals surface area contributed by atoms with Crippen molar-refractivity contribution < 1.29 is 249 Å². The molecule has 10 aromatic rings. The SMILES string of the molecule is O=C(O[C@H]1[C@@H]2OC(=O)c3cc(O)c(O)c(O)c3-c3c(cc(O)c(O)c3O)C(=O)OC[C@H]2OC(O)[C@@H]1OC(=O)c1cc(O)c(O)c(O)c1Oc1cc2c(c(O)c1O)-c1c(cc(O)c(O)c1O)C(=O)O[C@@H]([C@@H]1OC(=O)c3cc(O)c(O)c(O)c3-c3c(cc(O)c(O)c3O)C(=O)OCC1O)[C@H]([C@H](O)c1c(O)cc3c(c1O)C[C@@H](O)[C@@H](c1ccc(O)c(O)c1)O3)OC2=O)c1cc(O)c(O)c(O)c1. The summed E-state index contributed by atoms with van der Waals surface area (Å²) in [6, 6.07) is 5.90. The van der Waals surface area contributed by atoms with E-state index in [9.17, 15) is 177 Å². The molecule has 50 nitrogen and oxygen atoms in total. The van der Waals surface area contributed by atoms with Gasteiger partial charge in [-0.1, -0.05) is 6.07 Å². The lowest BCUT2D eigenvalue weighted by atomic mass is 9.88. The Labute approximate surface area is 732 Å². The molecule has 0 amide bonds. The first kappa shape index (κ1) is 89.8. The maximum absolute atomic E-state index is 16.1. The fourth-order valence-electron chi connectivity index (χ4n) is 15.2. The number of benzene rings is 10. The van der Waals surface area contributed by atoms with Crippen molar-refractivity contribution in [1.29, 1.82) is 0 Å². The highest BCUT2D eigenvalue weighted by Gasteiger charge is 2.56. The predicted molar refractivity (Wildman–Crippen MR) is 417 cm³/mol. The van der Waals surface area contributed by atoms with Gasteiger partial charge in [0.25, 0.3) is 0 Å². The first-order chi connectivity index (χ1) is 62.6. The van der Waals surface area contributed by atoms with Crippen molar-refractivity contribution in [2.75, 3.05) is 13.2 Å². The third-order valence-electron chi connectivity index (χ3n) is 21.7. The van der Waals surface area contributed by atoms with E-state index >= 15 is 19.2 Å². The normalized spacial score (nSPS) is 20.7. The molecule has 1 saturated heterocycles. The summed E-state index contributed by atoms with van der Waals surface area (Å²) in [6.45, 7) is -3.16. The van der Waals surface area contributed by atoms with Gasteiger partial charge >= 0.3 is 47.8 Å². The molecule has 0 aromatic heterocycles. The van der Waals surface area contributed by atoms with Crippen LogP contribution in [-0.2, 0) is 49.1 Å². The highest BCUT2D eigenvalue weighted by Crippen LogP contribution is 2.60. The summed E-state index contributed by atoms with van der Waals surface area (Å²) in [5.74, 6) is -61.4. The number of aliphatic hydroxyl groups excluding tert-OH is 4. The van der Waals surface area contributed by atoms with Gasteiger partial charge in [-0.05, 0) is 60.2 Å². The molecular formula is C83H62O50. The zero-order valence-corrected chi connectivity index (χ0v) is 65.7. The lowest BCUT2D eigenvalue weighted by molar-refractivity contribution is -0.284. The summed E-state index contributed by atoms with van der Waals surface area (Å²) < 4.78 is 62.3. The number of rotatable bonds is 10. The Hall–Kier alpha value is -18.0. The average Bonchev–Trinajstić information content (AvgIpc) is 1.64. The summed E-state index contributed by atoms with van der Waals surface area (Å²) in [6.07, 6.45) is -34.3. The molecule has 12 atom stereocenters. The monoisotopic (exact) mass is 1860 g/mol. The molecule has 5 aliphatic rings. The third-order valence-corrected chi connectivity index (χ3v) is 21.7. The zero-order valence-electron chi connectivity index (χ0n) is 65.7. The molecule has 2 unspecified atom stereocenters. The number of fused-ring (bicyclic) bond motifs is 11. The van der Waals surface area contributed by atoms with Crippen molar-refractivity contribution in [3.63, 3.8) is 0 Å². The molecule has 694 valence electrons. The highest BCUT2D eigenvalue weighted by atomic mass is 16.7. The largest absolute Gasteiger partial charge is 0.507 e. The average molecular weight is 1860 g/mol. The minimum atomic E-state index is -3.35. The van der Waals surface area contributed by atoms with E-state index in [1.54, 1.807) is 0 Å². The zero-order chi connectivity index (χ0) is 96.8. The van der Waals surface area contributed by atoms with E-state index in [4.69, 9.17) is 52.1 Å². The molecule has 15 rings (SSSR count). The van der Waals surface area contributed by atoms with E-state index in [1.165, 1.54) is 0 Å². The highest BCUT2D eigenvalue weighted by molar-refractivity contribution is 6.12. The topological polar surface area (TPSA) is 865 Å². The smallest absolute Gasteiger partial charge is 0.342 e. The maximum atomic E-state index is 16.1. The number of phenolic OH excluding ortho intramolecular Hbond substituents is 27. The van der Waals surface area contributed by atoms with Gasteiger partial charge in [0.1, 0.15) is 60.4 Å². The number of hydrogen-bond donors (Lipinski definition) is 31. The Morgan fingerprint density at radius 2 is 0.752 bits per heavy atom. The molecular weight excluding hydrogens is 1800 g/mol.